The predicted octanol–water partition coefficient (Wildman–Crippen LogP) is 4.16. The first-order chi connectivity index (χ1) is 16.0. The van der Waals surface area contributed by atoms with Gasteiger partial charge in [0, 0.05) is 30.8 Å². The van der Waals surface area contributed by atoms with E-state index in [-0.39, 0.29) is 23.8 Å². The molecular weight excluding hydrogens is 414 g/mol. The van der Waals surface area contributed by atoms with Gasteiger partial charge in [-0.1, -0.05) is 35.9 Å². The molecule has 2 amide bonds. The number of benzene rings is 2. The number of pyridine rings is 1. The zero-order chi connectivity index (χ0) is 23.2. The van der Waals surface area contributed by atoms with Crippen molar-refractivity contribution in [3.63, 3.8) is 0 Å². The zero-order valence-corrected chi connectivity index (χ0v) is 19.0. The average Bonchev–Trinajstić information content (AvgIpc) is 2.88. The minimum absolute atomic E-state index is 0.0177. The van der Waals surface area contributed by atoms with Crippen LogP contribution in [0.5, 0.6) is 5.75 Å². The molecule has 1 unspecified atom stereocenters. The summed E-state index contributed by atoms with van der Waals surface area (Å²) in [6.07, 6.45) is 3.00. The Hall–Kier alpha value is -3.67. The average molecular weight is 444 g/mol. The molecule has 1 fully saturated rings. The molecule has 4 rings (SSSR count). The number of carbonyl (C=O) groups is 2. The number of piperidine rings is 1. The number of methoxy groups -OCH3 is 1. The van der Waals surface area contributed by atoms with Gasteiger partial charge in [-0.25, -0.2) is 0 Å². The number of hydrogen-bond donors (Lipinski definition) is 1. The van der Waals surface area contributed by atoms with Crippen LogP contribution < -0.4 is 10.1 Å². The Morgan fingerprint density at radius 1 is 1.03 bits per heavy atom. The second-order valence-electron chi connectivity index (χ2n) is 8.41. The monoisotopic (exact) mass is 443 g/mol. The third-order valence-electron chi connectivity index (χ3n) is 6.15. The highest BCUT2D eigenvalue weighted by Crippen LogP contribution is 2.26. The fourth-order valence-corrected chi connectivity index (χ4v) is 4.18. The summed E-state index contributed by atoms with van der Waals surface area (Å²) >= 11 is 0. The molecule has 2 aromatic carbocycles. The van der Waals surface area contributed by atoms with Crippen molar-refractivity contribution < 1.29 is 14.3 Å². The topological polar surface area (TPSA) is 71.5 Å². The van der Waals surface area contributed by atoms with E-state index in [1.165, 1.54) is 0 Å². The van der Waals surface area contributed by atoms with Crippen LogP contribution in [0, 0.1) is 12.8 Å². The van der Waals surface area contributed by atoms with Crippen molar-refractivity contribution in [1.29, 1.82) is 0 Å². The number of carbonyl (C=O) groups excluding carboxylic acids is 2. The third kappa shape index (κ3) is 5.40. The Kier molecular flexibility index (Phi) is 7.03. The Morgan fingerprint density at radius 2 is 1.79 bits per heavy atom. The molecule has 6 heteroatoms. The number of hydrogen-bond acceptors (Lipinski definition) is 4. The summed E-state index contributed by atoms with van der Waals surface area (Å²) < 4.78 is 5.37. The first kappa shape index (κ1) is 22.5. The highest BCUT2D eigenvalue weighted by molar-refractivity contribution is 5.94. The summed E-state index contributed by atoms with van der Waals surface area (Å²) in [6.45, 7) is 3.14. The van der Waals surface area contributed by atoms with E-state index in [0.29, 0.717) is 31.5 Å². The molecular formula is C27H29N3O3. The van der Waals surface area contributed by atoms with E-state index >= 15 is 0 Å². The fraction of sp³-hybridized carbons (Fsp3) is 0.296. The number of aryl methyl sites for hydroxylation is 1. The molecule has 0 saturated carbocycles. The van der Waals surface area contributed by atoms with E-state index in [2.05, 4.69) is 10.3 Å². The zero-order valence-electron chi connectivity index (χ0n) is 19.0. The number of likely N-dealkylation sites (tertiary alicyclic amines) is 1. The number of aromatic nitrogens is 1. The van der Waals surface area contributed by atoms with Gasteiger partial charge < -0.3 is 15.0 Å². The van der Waals surface area contributed by atoms with Crippen LogP contribution in [0.3, 0.4) is 0 Å². The third-order valence-corrected chi connectivity index (χ3v) is 6.15. The van der Waals surface area contributed by atoms with Crippen molar-refractivity contribution in [1.82, 2.24) is 15.2 Å². The van der Waals surface area contributed by atoms with Gasteiger partial charge in [0.1, 0.15) is 5.75 Å². The van der Waals surface area contributed by atoms with Crippen LogP contribution in [0.4, 0.5) is 0 Å². The van der Waals surface area contributed by atoms with E-state index in [4.69, 9.17) is 4.74 Å². The number of nitrogens with one attached hydrogen (secondary N) is 1. The van der Waals surface area contributed by atoms with Crippen LogP contribution >= 0.6 is 0 Å². The van der Waals surface area contributed by atoms with Gasteiger partial charge >= 0.3 is 0 Å². The lowest BCUT2D eigenvalue weighted by Gasteiger charge is -2.32. The van der Waals surface area contributed by atoms with Gasteiger partial charge in [-0.3, -0.25) is 14.6 Å². The summed E-state index contributed by atoms with van der Waals surface area (Å²) in [5.74, 6) is 0.585. The highest BCUT2D eigenvalue weighted by atomic mass is 16.5. The van der Waals surface area contributed by atoms with Crippen LogP contribution in [0.1, 0.15) is 46.1 Å². The maximum Gasteiger partial charge on any atom is 0.253 e. The second kappa shape index (κ2) is 10.3. The summed E-state index contributed by atoms with van der Waals surface area (Å²) in [5.41, 5.74) is 3.50. The summed E-state index contributed by atoms with van der Waals surface area (Å²) in [5, 5.41) is 3.19. The quantitative estimate of drug-likeness (QED) is 0.621. The Morgan fingerprint density at radius 3 is 2.45 bits per heavy atom. The van der Waals surface area contributed by atoms with Crippen molar-refractivity contribution in [2.24, 2.45) is 5.92 Å². The Bertz CT molecular complexity index is 1090. The summed E-state index contributed by atoms with van der Waals surface area (Å²) in [6, 6.07) is 20.6. The molecule has 2 heterocycles. The van der Waals surface area contributed by atoms with Crippen molar-refractivity contribution in [3.8, 4) is 5.75 Å². The van der Waals surface area contributed by atoms with Gasteiger partial charge in [0.15, 0.2) is 0 Å². The van der Waals surface area contributed by atoms with E-state index in [1.54, 1.807) is 13.3 Å². The number of rotatable bonds is 6. The van der Waals surface area contributed by atoms with Crippen LogP contribution in [0.15, 0.2) is 72.9 Å². The van der Waals surface area contributed by atoms with Gasteiger partial charge in [-0.05, 0) is 61.7 Å². The number of nitrogens with zero attached hydrogens (tertiary/aromatic N) is 2. The second-order valence-corrected chi connectivity index (χ2v) is 8.41. The molecule has 1 saturated heterocycles. The molecule has 1 atom stereocenters. The van der Waals surface area contributed by atoms with Gasteiger partial charge in [0.2, 0.25) is 5.91 Å². The molecule has 0 bridgehead atoms. The molecule has 0 aliphatic carbocycles. The van der Waals surface area contributed by atoms with Crippen LogP contribution in [0.2, 0.25) is 0 Å². The SMILES string of the molecule is COc1cccc(C(NC(=O)C2CCN(C(=O)c3ccc(C)cc3)CC2)c2ccccn2)c1. The smallest absolute Gasteiger partial charge is 0.253 e. The van der Waals surface area contributed by atoms with E-state index in [9.17, 15) is 9.59 Å². The van der Waals surface area contributed by atoms with Crippen LogP contribution in [-0.4, -0.2) is 41.9 Å². The fourth-order valence-electron chi connectivity index (χ4n) is 4.18. The van der Waals surface area contributed by atoms with Gasteiger partial charge in [0.25, 0.3) is 5.91 Å². The lowest BCUT2D eigenvalue weighted by Crippen LogP contribution is -2.44. The summed E-state index contributed by atoms with van der Waals surface area (Å²) in [7, 11) is 1.62. The lowest BCUT2D eigenvalue weighted by atomic mass is 9.94. The van der Waals surface area contributed by atoms with E-state index < -0.39 is 0 Å². The largest absolute Gasteiger partial charge is 0.497 e. The van der Waals surface area contributed by atoms with Gasteiger partial charge in [-0.15, -0.1) is 0 Å². The molecule has 1 aliphatic rings. The van der Waals surface area contributed by atoms with Crippen molar-refractivity contribution in [3.05, 3.63) is 95.3 Å². The van der Waals surface area contributed by atoms with Crippen LogP contribution in [0.25, 0.3) is 0 Å². The van der Waals surface area contributed by atoms with Crippen molar-refractivity contribution >= 4 is 11.8 Å². The van der Waals surface area contributed by atoms with E-state index in [1.807, 2.05) is 78.6 Å². The minimum Gasteiger partial charge on any atom is -0.497 e. The molecule has 0 radical (unpaired) electrons. The molecule has 6 nitrogen and oxygen atoms in total. The number of amides is 2. The maximum atomic E-state index is 13.2. The Labute approximate surface area is 194 Å². The van der Waals surface area contributed by atoms with Gasteiger partial charge in [0.05, 0.1) is 18.8 Å². The van der Waals surface area contributed by atoms with Crippen LogP contribution in [-0.2, 0) is 4.79 Å². The Balaban J connectivity index is 1.43. The molecule has 3 aromatic rings. The predicted molar refractivity (Wildman–Crippen MR) is 127 cm³/mol. The molecule has 170 valence electrons. The van der Waals surface area contributed by atoms with Crippen molar-refractivity contribution in [2.75, 3.05) is 20.2 Å². The van der Waals surface area contributed by atoms with Crippen molar-refractivity contribution in [2.45, 2.75) is 25.8 Å². The lowest BCUT2D eigenvalue weighted by molar-refractivity contribution is -0.126. The first-order valence-corrected chi connectivity index (χ1v) is 11.3. The standard InChI is InChI=1S/C27H29N3O3/c1-19-9-11-21(12-10-19)27(32)30-16-13-20(14-17-30)26(31)29-25(24-8-3-4-15-28-24)22-6-5-7-23(18-22)33-2/h3-12,15,18,20,25H,13-14,16-17H2,1-2H3,(H,29,31). The van der Waals surface area contributed by atoms with E-state index in [0.717, 1.165) is 22.6 Å². The minimum atomic E-state index is -0.374. The van der Waals surface area contributed by atoms with Gasteiger partial charge in [-0.2, -0.15) is 0 Å². The summed E-state index contributed by atoms with van der Waals surface area (Å²) in [4.78, 5) is 32.3. The maximum absolute atomic E-state index is 13.2. The first-order valence-electron chi connectivity index (χ1n) is 11.3. The molecule has 1 aliphatic heterocycles. The molecule has 1 N–H and O–H groups in total. The molecule has 0 spiro atoms. The molecule has 33 heavy (non-hydrogen) atoms. The molecule has 1 aromatic heterocycles. The number of ether oxygens (including phenoxy) is 1. The highest BCUT2D eigenvalue weighted by Gasteiger charge is 2.30. The normalized spacial score (nSPS) is 15.0.